The van der Waals surface area contributed by atoms with Crippen molar-refractivity contribution in [2.75, 3.05) is 20.2 Å². The topological polar surface area (TPSA) is 65.2 Å². The van der Waals surface area contributed by atoms with Gasteiger partial charge in [0.2, 0.25) is 0 Å². The SMILES string of the molecule is C=CC1=C(/C=C\C)C(c2cnn(C)c2)CN(C(=O)c2cc(-c3cccc(OC)c3)nn2C)C1. The van der Waals surface area contributed by atoms with Crippen LogP contribution in [-0.2, 0) is 14.1 Å². The summed E-state index contributed by atoms with van der Waals surface area (Å²) in [5.41, 5.74) is 5.45. The molecule has 1 aliphatic rings. The molecule has 0 bridgehead atoms. The van der Waals surface area contributed by atoms with Crippen LogP contribution in [0, 0.1) is 0 Å². The highest BCUT2D eigenvalue weighted by molar-refractivity contribution is 5.94. The van der Waals surface area contributed by atoms with E-state index in [0.717, 1.165) is 28.1 Å². The molecule has 3 aromatic rings. The van der Waals surface area contributed by atoms with Gasteiger partial charge in [-0.1, -0.05) is 36.9 Å². The van der Waals surface area contributed by atoms with Crippen molar-refractivity contribution < 1.29 is 9.53 Å². The Hall–Kier alpha value is -3.87. The Bertz CT molecular complexity index is 1250. The zero-order chi connectivity index (χ0) is 23.5. The molecule has 7 nitrogen and oxygen atoms in total. The van der Waals surface area contributed by atoms with Gasteiger partial charge in [-0.2, -0.15) is 10.2 Å². The van der Waals surface area contributed by atoms with Gasteiger partial charge in [0.1, 0.15) is 11.4 Å². The van der Waals surface area contributed by atoms with Gasteiger partial charge in [-0.05, 0) is 41.8 Å². The monoisotopic (exact) mass is 443 g/mol. The van der Waals surface area contributed by atoms with Crippen molar-refractivity contribution in [2.45, 2.75) is 12.8 Å². The lowest BCUT2D eigenvalue weighted by molar-refractivity contribution is 0.0746. The number of nitrogens with zero attached hydrogens (tertiary/aromatic N) is 5. The van der Waals surface area contributed by atoms with Crippen molar-refractivity contribution in [2.24, 2.45) is 14.1 Å². The van der Waals surface area contributed by atoms with Crippen molar-refractivity contribution in [3.05, 3.63) is 89.9 Å². The molecule has 0 spiro atoms. The minimum absolute atomic E-state index is 0.0201. The molecule has 0 N–H and O–H groups in total. The molecule has 1 aromatic carbocycles. The highest BCUT2D eigenvalue weighted by Crippen LogP contribution is 2.34. The largest absolute Gasteiger partial charge is 0.497 e. The summed E-state index contributed by atoms with van der Waals surface area (Å²) >= 11 is 0. The maximum Gasteiger partial charge on any atom is 0.272 e. The number of hydrogen-bond acceptors (Lipinski definition) is 4. The van der Waals surface area contributed by atoms with Gasteiger partial charge < -0.3 is 9.64 Å². The third-order valence-electron chi connectivity index (χ3n) is 5.98. The molecule has 0 saturated heterocycles. The molecule has 1 amide bonds. The van der Waals surface area contributed by atoms with E-state index in [-0.39, 0.29) is 11.8 Å². The lowest BCUT2D eigenvalue weighted by Gasteiger charge is -2.34. The molecule has 1 aliphatic heterocycles. The number of rotatable bonds is 6. The predicted molar refractivity (Wildman–Crippen MR) is 129 cm³/mol. The second-order valence-electron chi connectivity index (χ2n) is 8.14. The number of aromatic nitrogens is 4. The number of carbonyl (C=O) groups is 1. The summed E-state index contributed by atoms with van der Waals surface area (Å²) in [6.45, 7) is 7.07. The lowest BCUT2D eigenvalue weighted by atomic mass is 9.85. The van der Waals surface area contributed by atoms with Crippen LogP contribution in [0.3, 0.4) is 0 Å². The standard InChI is InChI=1S/C26H29N5O2/c1-6-9-22-18(7-2)16-31(17-23(22)20-14-27-29(3)15-20)26(32)25-13-24(28-30(25)4)19-10-8-11-21(12-19)33-5/h6-15,23H,2,16-17H2,1,3-5H3/b9-6-. The average Bonchev–Trinajstić information content (AvgIpc) is 3.44. The smallest absolute Gasteiger partial charge is 0.272 e. The van der Waals surface area contributed by atoms with Gasteiger partial charge >= 0.3 is 0 Å². The molecule has 0 radical (unpaired) electrons. The van der Waals surface area contributed by atoms with Gasteiger partial charge in [-0.3, -0.25) is 14.2 Å². The molecule has 7 heteroatoms. The van der Waals surface area contributed by atoms with Crippen LogP contribution in [0.15, 0.2) is 78.7 Å². The van der Waals surface area contributed by atoms with E-state index in [1.165, 1.54) is 5.57 Å². The third kappa shape index (κ3) is 4.39. The summed E-state index contributed by atoms with van der Waals surface area (Å²) < 4.78 is 8.77. The number of benzene rings is 1. The van der Waals surface area contributed by atoms with Gasteiger partial charge in [0, 0.05) is 44.9 Å². The summed E-state index contributed by atoms with van der Waals surface area (Å²) in [7, 11) is 5.33. The van der Waals surface area contributed by atoms with Crippen LogP contribution in [0.2, 0.25) is 0 Å². The first-order chi connectivity index (χ1) is 15.9. The van der Waals surface area contributed by atoms with Gasteiger partial charge in [0.05, 0.1) is 19.0 Å². The van der Waals surface area contributed by atoms with E-state index in [9.17, 15) is 4.79 Å². The van der Waals surface area contributed by atoms with Crippen molar-refractivity contribution in [1.82, 2.24) is 24.5 Å². The second kappa shape index (κ2) is 9.32. The molecule has 1 atom stereocenters. The molecular formula is C26H29N5O2. The fourth-order valence-corrected chi connectivity index (χ4v) is 4.30. The molecule has 170 valence electrons. The normalized spacial score (nSPS) is 16.5. The number of aryl methyl sites for hydroxylation is 2. The number of amides is 1. The summed E-state index contributed by atoms with van der Waals surface area (Å²) in [5, 5.41) is 8.94. The van der Waals surface area contributed by atoms with Crippen LogP contribution in [0.4, 0.5) is 0 Å². The highest BCUT2D eigenvalue weighted by atomic mass is 16.5. The molecule has 0 saturated carbocycles. The zero-order valence-electron chi connectivity index (χ0n) is 19.5. The quantitative estimate of drug-likeness (QED) is 0.575. The lowest BCUT2D eigenvalue weighted by Crippen LogP contribution is -2.40. The van der Waals surface area contributed by atoms with E-state index in [1.54, 1.807) is 23.5 Å². The summed E-state index contributed by atoms with van der Waals surface area (Å²) in [4.78, 5) is 15.5. The molecule has 1 unspecified atom stereocenters. The molecule has 3 heterocycles. The third-order valence-corrected chi connectivity index (χ3v) is 5.98. The molecular weight excluding hydrogens is 414 g/mol. The summed E-state index contributed by atoms with van der Waals surface area (Å²) in [6.07, 6.45) is 9.87. The van der Waals surface area contributed by atoms with E-state index in [0.29, 0.717) is 18.8 Å². The van der Waals surface area contributed by atoms with E-state index in [2.05, 4.69) is 22.9 Å². The van der Waals surface area contributed by atoms with E-state index in [1.807, 2.05) is 73.7 Å². The fourth-order valence-electron chi connectivity index (χ4n) is 4.30. The van der Waals surface area contributed by atoms with E-state index >= 15 is 0 Å². The number of hydrogen-bond donors (Lipinski definition) is 0. The Balaban J connectivity index is 1.68. The Morgan fingerprint density at radius 1 is 1.27 bits per heavy atom. The maximum absolute atomic E-state index is 13.6. The van der Waals surface area contributed by atoms with Crippen LogP contribution < -0.4 is 4.74 Å². The molecule has 0 fully saturated rings. The zero-order valence-corrected chi connectivity index (χ0v) is 19.5. The minimum Gasteiger partial charge on any atom is -0.497 e. The van der Waals surface area contributed by atoms with Crippen molar-refractivity contribution in [3.63, 3.8) is 0 Å². The predicted octanol–water partition coefficient (Wildman–Crippen LogP) is 4.13. The van der Waals surface area contributed by atoms with E-state index in [4.69, 9.17) is 4.74 Å². The Morgan fingerprint density at radius 3 is 2.76 bits per heavy atom. The number of allylic oxidation sites excluding steroid dienone is 2. The van der Waals surface area contributed by atoms with Gasteiger partial charge in [-0.25, -0.2) is 0 Å². The van der Waals surface area contributed by atoms with Crippen LogP contribution >= 0.6 is 0 Å². The van der Waals surface area contributed by atoms with Crippen LogP contribution in [0.1, 0.15) is 28.9 Å². The van der Waals surface area contributed by atoms with E-state index < -0.39 is 0 Å². The minimum atomic E-state index is -0.0630. The molecule has 4 rings (SSSR count). The van der Waals surface area contributed by atoms with Crippen LogP contribution in [-0.4, -0.2) is 50.6 Å². The fraction of sp³-hybridized carbons (Fsp3) is 0.269. The van der Waals surface area contributed by atoms with Crippen molar-refractivity contribution >= 4 is 5.91 Å². The summed E-state index contributed by atoms with van der Waals surface area (Å²) in [5.74, 6) is 0.706. The van der Waals surface area contributed by atoms with Crippen molar-refractivity contribution in [1.29, 1.82) is 0 Å². The van der Waals surface area contributed by atoms with Crippen molar-refractivity contribution in [3.8, 4) is 17.0 Å². The molecule has 2 aromatic heterocycles. The molecule has 33 heavy (non-hydrogen) atoms. The maximum atomic E-state index is 13.6. The number of methoxy groups -OCH3 is 1. The average molecular weight is 444 g/mol. The Labute approximate surface area is 194 Å². The highest BCUT2D eigenvalue weighted by Gasteiger charge is 2.31. The van der Waals surface area contributed by atoms with Gasteiger partial charge in [0.15, 0.2) is 0 Å². The molecule has 0 aliphatic carbocycles. The Kier molecular flexibility index (Phi) is 6.31. The number of carbonyl (C=O) groups excluding carboxylic acids is 1. The Morgan fingerprint density at radius 2 is 2.09 bits per heavy atom. The van der Waals surface area contributed by atoms with Gasteiger partial charge in [0.25, 0.3) is 5.91 Å². The van der Waals surface area contributed by atoms with Gasteiger partial charge in [-0.15, -0.1) is 0 Å². The van der Waals surface area contributed by atoms with Crippen LogP contribution in [0.25, 0.3) is 11.3 Å². The second-order valence-corrected chi connectivity index (χ2v) is 8.14. The number of ether oxygens (including phenoxy) is 1. The first kappa shape index (κ1) is 22.3. The van der Waals surface area contributed by atoms with Crippen LogP contribution in [0.5, 0.6) is 5.75 Å². The summed E-state index contributed by atoms with van der Waals surface area (Å²) in [6, 6.07) is 9.51. The first-order valence-electron chi connectivity index (χ1n) is 10.9. The first-order valence-corrected chi connectivity index (χ1v) is 10.9.